The zero-order valence-electron chi connectivity index (χ0n) is 16.4. The Morgan fingerprint density at radius 2 is 1.83 bits per heavy atom. The van der Waals surface area contributed by atoms with Gasteiger partial charge in [0.05, 0.1) is 24.9 Å². The van der Waals surface area contributed by atoms with Crippen molar-refractivity contribution >= 4 is 17.0 Å². The van der Waals surface area contributed by atoms with E-state index in [4.69, 9.17) is 9.47 Å². The number of carboxylic acid groups (broad SMARTS) is 1. The van der Waals surface area contributed by atoms with E-state index in [9.17, 15) is 9.90 Å². The molecule has 0 aliphatic carbocycles. The first-order chi connectivity index (χ1) is 14.6. The minimum Gasteiger partial charge on any atom is -0.490 e. The summed E-state index contributed by atoms with van der Waals surface area (Å²) >= 11 is 0. The van der Waals surface area contributed by atoms with Gasteiger partial charge >= 0.3 is 6.09 Å². The van der Waals surface area contributed by atoms with Gasteiger partial charge in [-0.1, -0.05) is 30.3 Å². The number of nitrogens with zero attached hydrogens (tertiary/aromatic N) is 4. The summed E-state index contributed by atoms with van der Waals surface area (Å²) in [4.78, 5) is 19.9. The summed E-state index contributed by atoms with van der Waals surface area (Å²) in [5.41, 5.74) is 3.06. The maximum Gasteiger partial charge on any atom is 0.432 e. The van der Waals surface area contributed by atoms with Gasteiger partial charge in [0.25, 0.3) is 0 Å². The Morgan fingerprint density at radius 3 is 2.57 bits per heavy atom. The highest BCUT2D eigenvalue weighted by atomic mass is 16.5. The van der Waals surface area contributed by atoms with E-state index in [1.165, 1.54) is 6.20 Å². The van der Waals surface area contributed by atoms with E-state index in [1.54, 1.807) is 18.5 Å². The normalized spacial score (nSPS) is 11.0. The third kappa shape index (κ3) is 4.28. The molecule has 2 aromatic heterocycles. The molecule has 4 aromatic rings. The van der Waals surface area contributed by atoms with Gasteiger partial charge in [0.2, 0.25) is 0 Å². The minimum absolute atomic E-state index is 0.305. The molecular formula is C22H20N4O4. The number of benzene rings is 2. The number of hydrogen-bond acceptors (Lipinski definition) is 6. The highest BCUT2D eigenvalue weighted by molar-refractivity contribution is 5.92. The fraction of sp³-hybridized carbons (Fsp3) is 0.182. The number of aromatic nitrogens is 4. The third-order valence-electron chi connectivity index (χ3n) is 4.54. The molecule has 4 rings (SSSR count). The van der Waals surface area contributed by atoms with E-state index in [1.807, 2.05) is 43.3 Å². The van der Waals surface area contributed by atoms with Crippen molar-refractivity contribution in [3.8, 4) is 16.9 Å². The van der Waals surface area contributed by atoms with Crippen molar-refractivity contribution in [1.82, 2.24) is 19.7 Å². The van der Waals surface area contributed by atoms with Crippen LogP contribution in [0.2, 0.25) is 0 Å². The summed E-state index contributed by atoms with van der Waals surface area (Å²) < 4.78 is 12.6. The zero-order chi connectivity index (χ0) is 20.9. The van der Waals surface area contributed by atoms with Gasteiger partial charge in [0.15, 0.2) is 0 Å². The molecule has 152 valence electrons. The van der Waals surface area contributed by atoms with Crippen molar-refractivity contribution in [2.24, 2.45) is 0 Å². The van der Waals surface area contributed by atoms with Gasteiger partial charge in [-0.05, 0) is 18.6 Å². The van der Waals surface area contributed by atoms with E-state index in [0.29, 0.717) is 42.3 Å². The molecule has 8 heteroatoms. The van der Waals surface area contributed by atoms with Gasteiger partial charge in [-0.2, -0.15) is 9.78 Å². The molecule has 30 heavy (non-hydrogen) atoms. The van der Waals surface area contributed by atoms with Gasteiger partial charge in [-0.3, -0.25) is 0 Å². The van der Waals surface area contributed by atoms with Crippen molar-refractivity contribution in [2.75, 3.05) is 13.2 Å². The fourth-order valence-corrected chi connectivity index (χ4v) is 3.06. The van der Waals surface area contributed by atoms with Gasteiger partial charge in [0.1, 0.15) is 18.2 Å². The second-order valence-electron chi connectivity index (χ2n) is 6.65. The van der Waals surface area contributed by atoms with Crippen LogP contribution in [0.3, 0.4) is 0 Å². The first kappa shape index (κ1) is 19.5. The summed E-state index contributed by atoms with van der Waals surface area (Å²) in [6, 6.07) is 13.4. The van der Waals surface area contributed by atoms with Crippen LogP contribution in [0.5, 0.6) is 5.75 Å². The summed E-state index contributed by atoms with van der Waals surface area (Å²) in [5.74, 6) is 1.18. The van der Waals surface area contributed by atoms with Crippen LogP contribution < -0.4 is 4.74 Å². The van der Waals surface area contributed by atoms with Gasteiger partial charge in [-0.15, -0.1) is 0 Å². The molecule has 0 aliphatic rings. The predicted octanol–water partition coefficient (Wildman–Crippen LogP) is 3.92. The number of rotatable bonds is 7. The highest BCUT2D eigenvalue weighted by Crippen LogP contribution is 2.34. The van der Waals surface area contributed by atoms with E-state index in [-0.39, 0.29) is 0 Å². The Kier molecular flexibility index (Phi) is 5.67. The maximum absolute atomic E-state index is 11.4. The lowest BCUT2D eigenvalue weighted by Crippen LogP contribution is -2.10. The van der Waals surface area contributed by atoms with E-state index >= 15 is 0 Å². The zero-order valence-corrected chi connectivity index (χ0v) is 16.4. The average Bonchev–Trinajstić information content (AvgIpc) is 3.17. The fourth-order valence-electron chi connectivity index (χ4n) is 3.06. The van der Waals surface area contributed by atoms with Crippen LogP contribution in [0.4, 0.5) is 4.79 Å². The molecule has 0 spiro atoms. The summed E-state index contributed by atoms with van der Waals surface area (Å²) in [6.45, 7) is 2.99. The van der Waals surface area contributed by atoms with Crippen LogP contribution in [0.25, 0.3) is 22.0 Å². The van der Waals surface area contributed by atoms with E-state index < -0.39 is 6.09 Å². The Hall–Kier alpha value is -3.78. The summed E-state index contributed by atoms with van der Waals surface area (Å²) in [7, 11) is 0. The molecule has 0 saturated heterocycles. The van der Waals surface area contributed by atoms with E-state index in [0.717, 1.165) is 21.4 Å². The van der Waals surface area contributed by atoms with Crippen LogP contribution in [0.15, 0.2) is 61.1 Å². The van der Waals surface area contributed by atoms with E-state index in [2.05, 4.69) is 15.1 Å². The Labute approximate surface area is 172 Å². The summed E-state index contributed by atoms with van der Waals surface area (Å²) in [5, 5.41) is 14.0. The quantitative estimate of drug-likeness (QED) is 0.466. The van der Waals surface area contributed by atoms with Crippen molar-refractivity contribution in [2.45, 2.75) is 13.5 Å². The molecule has 0 radical (unpaired) electrons. The smallest absolute Gasteiger partial charge is 0.432 e. The standard InChI is InChI=1S/C22H20N4O4/c1-15-23-11-18(12-24-15)19-9-17-13-25-26(22(27)28)20(17)10-21(19)30-8-7-29-14-16-5-3-2-4-6-16/h2-6,9-13H,7-8,14H2,1H3,(H,27,28). The number of carbonyl (C=O) groups is 1. The number of hydrogen-bond donors (Lipinski definition) is 1. The van der Waals surface area contributed by atoms with Crippen LogP contribution >= 0.6 is 0 Å². The molecule has 2 heterocycles. The highest BCUT2D eigenvalue weighted by Gasteiger charge is 2.15. The van der Waals surface area contributed by atoms with Crippen molar-refractivity contribution in [1.29, 1.82) is 0 Å². The lowest BCUT2D eigenvalue weighted by atomic mass is 10.1. The number of aryl methyl sites for hydroxylation is 1. The topological polar surface area (TPSA) is 99.4 Å². The second-order valence-corrected chi connectivity index (χ2v) is 6.65. The molecule has 0 amide bonds. The summed E-state index contributed by atoms with van der Waals surface area (Å²) in [6.07, 6.45) is 3.77. The second kappa shape index (κ2) is 8.71. The van der Waals surface area contributed by atoms with Crippen LogP contribution in [-0.2, 0) is 11.3 Å². The minimum atomic E-state index is -1.16. The van der Waals surface area contributed by atoms with Crippen LogP contribution in [0, 0.1) is 6.92 Å². The molecule has 1 N–H and O–H groups in total. The largest absolute Gasteiger partial charge is 0.490 e. The molecule has 2 aromatic carbocycles. The number of fused-ring (bicyclic) bond motifs is 1. The monoisotopic (exact) mass is 404 g/mol. The SMILES string of the molecule is Cc1ncc(-c2cc3cnn(C(=O)O)c3cc2OCCOCc2ccccc2)cn1. The van der Waals surface area contributed by atoms with Crippen molar-refractivity contribution in [3.63, 3.8) is 0 Å². The Bertz CT molecular complexity index is 1160. The van der Waals surface area contributed by atoms with Gasteiger partial charge in [-0.25, -0.2) is 14.8 Å². The molecule has 0 fully saturated rings. The Morgan fingerprint density at radius 1 is 1.07 bits per heavy atom. The molecule has 0 atom stereocenters. The lowest BCUT2D eigenvalue weighted by Gasteiger charge is -2.13. The third-order valence-corrected chi connectivity index (χ3v) is 4.54. The van der Waals surface area contributed by atoms with Crippen molar-refractivity contribution < 1.29 is 19.4 Å². The Balaban J connectivity index is 1.55. The van der Waals surface area contributed by atoms with Crippen LogP contribution in [0.1, 0.15) is 11.4 Å². The molecule has 0 unspecified atom stereocenters. The molecule has 0 saturated carbocycles. The maximum atomic E-state index is 11.4. The molecule has 0 aliphatic heterocycles. The van der Waals surface area contributed by atoms with Crippen molar-refractivity contribution in [3.05, 3.63) is 72.4 Å². The predicted molar refractivity (Wildman–Crippen MR) is 111 cm³/mol. The molecule has 0 bridgehead atoms. The molecular weight excluding hydrogens is 384 g/mol. The first-order valence-corrected chi connectivity index (χ1v) is 9.40. The average molecular weight is 404 g/mol. The van der Waals surface area contributed by atoms with Gasteiger partial charge in [0, 0.05) is 35.0 Å². The number of ether oxygens (including phenoxy) is 2. The first-order valence-electron chi connectivity index (χ1n) is 9.40. The lowest BCUT2D eigenvalue weighted by molar-refractivity contribution is 0.0891. The van der Waals surface area contributed by atoms with Crippen LogP contribution in [-0.4, -0.2) is 44.2 Å². The van der Waals surface area contributed by atoms with Gasteiger partial charge < -0.3 is 14.6 Å². The molecule has 8 nitrogen and oxygen atoms in total.